The van der Waals surface area contributed by atoms with E-state index in [2.05, 4.69) is 4.99 Å². The summed E-state index contributed by atoms with van der Waals surface area (Å²) >= 11 is 0. The zero-order chi connectivity index (χ0) is 14.0. The van der Waals surface area contributed by atoms with Crippen molar-refractivity contribution in [1.29, 1.82) is 0 Å². The number of nitrogens with zero attached hydrogens (tertiary/aromatic N) is 2. The zero-order valence-corrected chi connectivity index (χ0v) is 11.0. The van der Waals surface area contributed by atoms with E-state index in [9.17, 15) is 14.4 Å². The molecule has 0 heterocycles. The normalized spacial score (nSPS) is 7.42. The van der Waals surface area contributed by atoms with Gasteiger partial charge in [-0.3, -0.25) is 14.4 Å². The van der Waals surface area contributed by atoms with Gasteiger partial charge in [0.2, 0.25) is 6.08 Å². The molecule has 102 valence electrons. The summed E-state index contributed by atoms with van der Waals surface area (Å²) in [7, 11) is 0. The number of hydrogen-bond acceptors (Lipinski definition) is 5. The van der Waals surface area contributed by atoms with Crippen molar-refractivity contribution >= 4 is 24.0 Å². The molecule has 0 spiro atoms. The van der Waals surface area contributed by atoms with Crippen LogP contribution in [0.3, 0.4) is 0 Å². The molecule has 0 atom stereocenters. The Bertz CT molecular complexity index is 514. The minimum Gasteiger partial charge on any atom is -0.724 e. The molecular formula is C11H7AgN2O5. The Kier molecular flexibility index (Phi) is 11.1. The first-order chi connectivity index (χ1) is 8.54. The number of carbonyl (C=O) groups excluding carboxylic acids is 4. The van der Waals surface area contributed by atoms with Crippen molar-refractivity contribution in [2.45, 2.75) is 6.92 Å². The fraction of sp³-hybridized carbons (Fsp3) is 0.0909. The minimum absolute atomic E-state index is 0. The van der Waals surface area contributed by atoms with Crippen LogP contribution in [0.5, 0.6) is 5.75 Å². The van der Waals surface area contributed by atoms with Crippen molar-refractivity contribution in [2.24, 2.45) is 4.99 Å². The molecule has 0 saturated carbocycles. The van der Waals surface area contributed by atoms with Crippen LogP contribution in [0.1, 0.15) is 17.3 Å². The first-order valence-electron chi connectivity index (χ1n) is 4.47. The molecule has 0 aliphatic carbocycles. The van der Waals surface area contributed by atoms with Crippen LogP contribution in [0.4, 0.5) is 0 Å². The van der Waals surface area contributed by atoms with Crippen LogP contribution in [0.25, 0.3) is 5.41 Å². The maximum absolute atomic E-state index is 11.0. The van der Waals surface area contributed by atoms with Gasteiger partial charge in [0, 0.05) is 12.5 Å². The van der Waals surface area contributed by atoms with Crippen molar-refractivity contribution in [2.75, 3.05) is 0 Å². The van der Waals surface area contributed by atoms with E-state index in [4.69, 9.17) is 14.9 Å². The molecule has 1 amide bonds. The van der Waals surface area contributed by atoms with Crippen LogP contribution in [0.2, 0.25) is 0 Å². The van der Waals surface area contributed by atoms with Gasteiger partial charge in [-0.25, -0.2) is 4.79 Å². The summed E-state index contributed by atoms with van der Waals surface area (Å²) in [4.78, 5) is 42.6. The molecule has 0 radical (unpaired) electrons. The number of rotatable bonds is 2. The van der Waals surface area contributed by atoms with E-state index in [-0.39, 0.29) is 27.9 Å². The van der Waals surface area contributed by atoms with Crippen molar-refractivity contribution in [3.63, 3.8) is 0 Å². The molecule has 0 bridgehead atoms. The number of hydrogen-bond donors (Lipinski definition) is 0. The topological polar surface area (TPSA) is 112 Å². The first kappa shape index (κ1) is 19.2. The van der Waals surface area contributed by atoms with Crippen LogP contribution in [-0.4, -0.2) is 24.0 Å². The molecule has 0 aromatic heterocycles. The summed E-state index contributed by atoms with van der Waals surface area (Å²) in [5.74, 6) is -0.798. The Morgan fingerprint density at radius 1 is 1.21 bits per heavy atom. The van der Waals surface area contributed by atoms with E-state index >= 15 is 0 Å². The average Bonchev–Trinajstić information content (AvgIpc) is 2.30. The van der Waals surface area contributed by atoms with Gasteiger partial charge in [-0.15, -0.1) is 4.99 Å². The van der Waals surface area contributed by atoms with E-state index in [1.54, 1.807) is 0 Å². The molecule has 19 heavy (non-hydrogen) atoms. The predicted molar refractivity (Wildman–Crippen MR) is 59.3 cm³/mol. The van der Waals surface area contributed by atoms with Gasteiger partial charge < -0.3 is 10.1 Å². The van der Waals surface area contributed by atoms with Gasteiger partial charge in [-0.1, -0.05) is 0 Å². The Morgan fingerprint density at radius 2 is 1.68 bits per heavy atom. The average molecular weight is 355 g/mol. The second-order valence-corrected chi connectivity index (χ2v) is 2.72. The van der Waals surface area contributed by atoms with E-state index in [1.807, 2.05) is 0 Å². The molecular weight excluding hydrogens is 348 g/mol. The van der Waals surface area contributed by atoms with Crippen LogP contribution in [-0.2, 0) is 36.8 Å². The van der Waals surface area contributed by atoms with Gasteiger partial charge in [-0.2, -0.15) is 0 Å². The van der Waals surface area contributed by atoms with Crippen molar-refractivity contribution in [1.82, 2.24) is 0 Å². The third kappa shape index (κ3) is 8.57. The molecule has 0 N–H and O–H groups in total. The minimum atomic E-state index is -0.681. The Balaban J connectivity index is 0. The van der Waals surface area contributed by atoms with Crippen LogP contribution in [0.15, 0.2) is 29.3 Å². The molecule has 0 unspecified atom stereocenters. The Labute approximate surface area is 123 Å². The fourth-order valence-corrected chi connectivity index (χ4v) is 0.938. The van der Waals surface area contributed by atoms with Crippen molar-refractivity contribution < 1.29 is 46.3 Å². The molecule has 8 heteroatoms. The summed E-state index contributed by atoms with van der Waals surface area (Å²) in [6.07, 6.45) is 1.65. The number of benzene rings is 1. The maximum Gasteiger partial charge on any atom is 1.00 e. The largest absolute Gasteiger partial charge is 1.00 e. The van der Waals surface area contributed by atoms with Crippen LogP contribution < -0.4 is 4.74 Å². The van der Waals surface area contributed by atoms with E-state index in [1.165, 1.54) is 31.2 Å². The summed E-state index contributed by atoms with van der Waals surface area (Å²) < 4.78 is 4.75. The second-order valence-electron chi connectivity index (χ2n) is 2.72. The number of isocyanates is 2. The molecule has 7 nitrogen and oxygen atoms in total. The molecule has 0 aliphatic heterocycles. The van der Waals surface area contributed by atoms with Crippen LogP contribution >= 0.6 is 0 Å². The quantitative estimate of drug-likeness (QED) is 0.258. The predicted octanol–water partition coefficient (Wildman–Crippen LogP) is 0.977. The van der Waals surface area contributed by atoms with Crippen molar-refractivity contribution in [3.8, 4) is 5.75 Å². The number of carbonyl (C=O) groups is 2. The zero-order valence-electron chi connectivity index (χ0n) is 9.55. The third-order valence-corrected chi connectivity index (χ3v) is 1.51. The van der Waals surface area contributed by atoms with Gasteiger partial charge in [0.25, 0.3) is 5.91 Å². The fourth-order valence-electron chi connectivity index (χ4n) is 0.938. The van der Waals surface area contributed by atoms with E-state index in [0.29, 0.717) is 11.8 Å². The smallest absolute Gasteiger partial charge is 0.724 e. The van der Waals surface area contributed by atoms with Gasteiger partial charge in [0.05, 0.1) is 0 Å². The number of amides is 1. The Hall–Kier alpha value is -2.14. The van der Waals surface area contributed by atoms with E-state index < -0.39 is 11.9 Å². The molecule has 1 rings (SSSR count). The summed E-state index contributed by atoms with van der Waals surface area (Å²) in [6, 6.07) is 5.69. The SMILES string of the molecule is CC(=O)Oc1ccc(C(=O)N=C=O)cc1.[Ag+].[N-]=C=O. The van der Waals surface area contributed by atoms with E-state index in [0.717, 1.165) is 6.08 Å². The van der Waals surface area contributed by atoms with Gasteiger partial charge in [0.15, 0.2) is 0 Å². The second kappa shape index (κ2) is 11.0. The van der Waals surface area contributed by atoms with Crippen molar-refractivity contribution in [3.05, 3.63) is 35.2 Å². The number of esters is 1. The summed E-state index contributed by atoms with van der Waals surface area (Å²) in [5, 5.41) is 6.76. The van der Waals surface area contributed by atoms with Gasteiger partial charge >= 0.3 is 28.3 Å². The molecule has 1 aromatic rings. The standard InChI is InChI=1S/C10H7NO4.CNO.Ag/c1-7(13)15-9-4-2-8(3-5-9)10(14)11-6-12;2-1-3;/h2-5H,1H3;;/q;-1;+1. The summed E-state index contributed by atoms with van der Waals surface area (Å²) in [5.41, 5.74) is 0.231. The van der Waals surface area contributed by atoms with Gasteiger partial charge in [-0.05, 0) is 30.3 Å². The molecule has 0 fully saturated rings. The summed E-state index contributed by atoms with van der Waals surface area (Å²) in [6.45, 7) is 1.27. The molecule has 0 aliphatic rings. The number of ether oxygens (including phenoxy) is 1. The molecule has 1 aromatic carbocycles. The number of aliphatic imine (C=N–C) groups is 1. The first-order valence-corrected chi connectivity index (χ1v) is 4.47. The van der Waals surface area contributed by atoms with Gasteiger partial charge in [0.1, 0.15) is 5.75 Å². The Morgan fingerprint density at radius 3 is 2.05 bits per heavy atom. The maximum atomic E-state index is 11.0. The monoisotopic (exact) mass is 354 g/mol. The van der Waals surface area contributed by atoms with Crippen LogP contribution in [0, 0.1) is 0 Å². The molecule has 0 saturated heterocycles. The third-order valence-electron chi connectivity index (χ3n) is 1.51.